The third-order valence-corrected chi connectivity index (χ3v) is 3.94. The summed E-state index contributed by atoms with van der Waals surface area (Å²) in [7, 11) is 1.55. The van der Waals surface area contributed by atoms with Gasteiger partial charge in [0.1, 0.15) is 0 Å². The molecule has 0 saturated heterocycles. The minimum Gasteiger partial charge on any atom is -0.380 e. The number of methoxy groups -OCH3 is 1. The van der Waals surface area contributed by atoms with Gasteiger partial charge in [0.15, 0.2) is 5.13 Å². The molecule has 0 saturated carbocycles. The van der Waals surface area contributed by atoms with Crippen molar-refractivity contribution in [3.05, 3.63) is 47.0 Å². The zero-order chi connectivity index (χ0) is 15.1. The van der Waals surface area contributed by atoms with Crippen LogP contribution in [0.2, 0.25) is 0 Å². The number of thiazole rings is 1. The van der Waals surface area contributed by atoms with Crippen molar-refractivity contribution in [2.45, 2.75) is 18.9 Å². The van der Waals surface area contributed by atoms with Crippen LogP contribution in [0.25, 0.3) is 0 Å². The first-order valence-corrected chi connectivity index (χ1v) is 7.54. The molecular formula is C15H19N3O2S. The maximum atomic E-state index is 11.8. The highest BCUT2D eigenvalue weighted by Gasteiger charge is 2.13. The van der Waals surface area contributed by atoms with E-state index >= 15 is 0 Å². The normalized spacial score (nSPS) is 12.1. The van der Waals surface area contributed by atoms with E-state index in [1.165, 1.54) is 16.9 Å². The first-order chi connectivity index (χ1) is 10.2. The SMILES string of the molecule is COC(CN)CC(=O)Nc1ncc(Cc2ccccc2)s1. The van der Waals surface area contributed by atoms with Crippen molar-refractivity contribution >= 4 is 22.4 Å². The molecule has 2 rings (SSSR count). The number of ether oxygens (including phenoxy) is 1. The third kappa shape index (κ3) is 4.93. The number of nitrogens with zero attached hydrogens (tertiary/aromatic N) is 1. The van der Waals surface area contributed by atoms with Crippen molar-refractivity contribution in [1.82, 2.24) is 4.98 Å². The van der Waals surface area contributed by atoms with Gasteiger partial charge in [-0.05, 0) is 5.56 Å². The molecule has 0 bridgehead atoms. The van der Waals surface area contributed by atoms with Gasteiger partial charge in [0.25, 0.3) is 0 Å². The number of aromatic nitrogens is 1. The van der Waals surface area contributed by atoms with Gasteiger partial charge >= 0.3 is 0 Å². The molecule has 1 aromatic heterocycles. The van der Waals surface area contributed by atoms with E-state index in [1.807, 2.05) is 18.2 Å². The predicted octanol–water partition coefficient (Wildman–Crippen LogP) is 2.04. The summed E-state index contributed by atoms with van der Waals surface area (Å²) >= 11 is 1.48. The van der Waals surface area contributed by atoms with Gasteiger partial charge in [-0.1, -0.05) is 30.3 Å². The Hall–Kier alpha value is -1.76. The van der Waals surface area contributed by atoms with Crippen LogP contribution >= 0.6 is 11.3 Å². The Morgan fingerprint density at radius 3 is 2.86 bits per heavy atom. The molecule has 0 aliphatic rings. The van der Waals surface area contributed by atoms with E-state index in [0.29, 0.717) is 11.7 Å². The number of hydrogen-bond acceptors (Lipinski definition) is 5. The number of nitrogens with two attached hydrogens (primary N) is 1. The molecule has 2 aromatic rings. The molecule has 0 spiro atoms. The van der Waals surface area contributed by atoms with Crippen molar-refractivity contribution < 1.29 is 9.53 Å². The van der Waals surface area contributed by atoms with Gasteiger partial charge in [0.2, 0.25) is 5.91 Å². The van der Waals surface area contributed by atoms with Gasteiger partial charge in [-0.2, -0.15) is 0 Å². The van der Waals surface area contributed by atoms with Crippen LogP contribution < -0.4 is 11.1 Å². The topological polar surface area (TPSA) is 77.2 Å². The van der Waals surface area contributed by atoms with Gasteiger partial charge in [-0.25, -0.2) is 4.98 Å². The van der Waals surface area contributed by atoms with Crippen LogP contribution in [0.5, 0.6) is 0 Å². The Bertz CT molecular complexity index is 567. The highest BCUT2D eigenvalue weighted by Crippen LogP contribution is 2.21. The number of nitrogens with one attached hydrogen (secondary N) is 1. The average molecular weight is 305 g/mol. The number of benzene rings is 1. The molecule has 3 N–H and O–H groups in total. The summed E-state index contributed by atoms with van der Waals surface area (Å²) in [6.45, 7) is 0.320. The molecule has 1 amide bonds. The number of anilines is 1. The summed E-state index contributed by atoms with van der Waals surface area (Å²) in [4.78, 5) is 17.2. The second-order valence-electron chi connectivity index (χ2n) is 4.64. The Morgan fingerprint density at radius 1 is 1.43 bits per heavy atom. The molecule has 0 aliphatic carbocycles. The number of carbonyl (C=O) groups is 1. The molecule has 1 atom stereocenters. The summed E-state index contributed by atoms with van der Waals surface area (Å²) < 4.78 is 5.09. The number of rotatable bonds is 7. The van der Waals surface area contributed by atoms with Gasteiger partial charge in [0, 0.05) is 31.1 Å². The molecule has 5 nitrogen and oxygen atoms in total. The van der Waals surface area contributed by atoms with Crippen molar-refractivity contribution in [1.29, 1.82) is 0 Å². The van der Waals surface area contributed by atoms with Crippen LogP contribution in [0.4, 0.5) is 5.13 Å². The van der Waals surface area contributed by atoms with Crippen LogP contribution in [-0.2, 0) is 16.0 Å². The maximum Gasteiger partial charge on any atom is 0.228 e. The number of carbonyl (C=O) groups excluding carboxylic acids is 1. The molecule has 21 heavy (non-hydrogen) atoms. The average Bonchev–Trinajstić information content (AvgIpc) is 2.92. The van der Waals surface area contributed by atoms with Gasteiger partial charge < -0.3 is 15.8 Å². The molecule has 1 unspecified atom stereocenters. The third-order valence-electron chi connectivity index (χ3n) is 3.03. The fourth-order valence-electron chi connectivity index (χ4n) is 1.88. The summed E-state index contributed by atoms with van der Waals surface area (Å²) in [5.74, 6) is -0.132. The quantitative estimate of drug-likeness (QED) is 0.820. The number of amides is 1. The molecular weight excluding hydrogens is 286 g/mol. The van der Waals surface area contributed by atoms with E-state index < -0.39 is 0 Å². The van der Waals surface area contributed by atoms with Crippen LogP contribution in [-0.4, -0.2) is 30.6 Å². The van der Waals surface area contributed by atoms with Crippen molar-refractivity contribution in [3.63, 3.8) is 0 Å². The lowest BCUT2D eigenvalue weighted by Gasteiger charge is -2.11. The Labute approximate surface area is 128 Å². The van der Waals surface area contributed by atoms with Crippen LogP contribution in [0.15, 0.2) is 36.5 Å². The Kier molecular flexibility index (Phi) is 5.86. The predicted molar refractivity (Wildman–Crippen MR) is 84.5 cm³/mol. The lowest BCUT2D eigenvalue weighted by atomic mass is 10.1. The van der Waals surface area contributed by atoms with Gasteiger partial charge in [0.05, 0.1) is 12.5 Å². The zero-order valence-corrected chi connectivity index (χ0v) is 12.7. The molecule has 0 aliphatic heterocycles. The minimum atomic E-state index is -0.256. The molecule has 0 fully saturated rings. The van der Waals surface area contributed by atoms with Crippen LogP contribution in [0.1, 0.15) is 16.9 Å². The fraction of sp³-hybridized carbons (Fsp3) is 0.333. The van der Waals surface area contributed by atoms with Crippen molar-refractivity contribution in [3.8, 4) is 0 Å². The molecule has 1 heterocycles. The lowest BCUT2D eigenvalue weighted by molar-refractivity contribution is -0.118. The summed E-state index contributed by atoms with van der Waals surface area (Å²) in [5, 5.41) is 3.39. The highest BCUT2D eigenvalue weighted by molar-refractivity contribution is 7.15. The standard InChI is InChI=1S/C15H19N3O2S/c1-20-12(9-16)8-14(19)18-15-17-10-13(21-15)7-11-5-3-2-4-6-11/h2-6,10,12H,7-9,16H2,1H3,(H,17,18,19). The van der Waals surface area contributed by atoms with Gasteiger partial charge in [-0.3, -0.25) is 4.79 Å². The van der Waals surface area contributed by atoms with Crippen LogP contribution in [0, 0.1) is 0 Å². The summed E-state index contributed by atoms with van der Waals surface area (Å²) in [5.41, 5.74) is 6.72. The second kappa shape index (κ2) is 7.87. The van der Waals surface area contributed by atoms with E-state index in [9.17, 15) is 4.79 Å². The zero-order valence-electron chi connectivity index (χ0n) is 11.9. The Balaban J connectivity index is 1.89. The lowest BCUT2D eigenvalue weighted by Crippen LogP contribution is -2.28. The van der Waals surface area contributed by atoms with Crippen LogP contribution in [0.3, 0.4) is 0 Å². The minimum absolute atomic E-state index is 0.132. The number of hydrogen-bond donors (Lipinski definition) is 2. The molecule has 112 valence electrons. The van der Waals surface area contributed by atoms with E-state index in [1.54, 1.807) is 13.3 Å². The monoisotopic (exact) mass is 305 g/mol. The summed E-state index contributed by atoms with van der Waals surface area (Å²) in [6.07, 6.45) is 2.59. The van der Waals surface area contributed by atoms with Crippen molar-refractivity contribution in [2.24, 2.45) is 5.73 Å². The molecule has 6 heteroatoms. The van der Waals surface area contributed by atoms with Crippen molar-refractivity contribution in [2.75, 3.05) is 19.0 Å². The first kappa shape index (κ1) is 15.6. The molecule has 1 aromatic carbocycles. The van der Waals surface area contributed by atoms with E-state index in [0.717, 1.165) is 11.3 Å². The highest BCUT2D eigenvalue weighted by atomic mass is 32.1. The maximum absolute atomic E-state index is 11.8. The molecule has 0 radical (unpaired) electrons. The largest absolute Gasteiger partial charge is 0.380 e. The summed E-state index contributed by atoms with van der Waals surface area (Å²) in [6, 6.07) is 10.2. The smallest absolute Gasteiger partial charge is 0.228 e. The van der Waals surface area contributed by atoms with E-state index in [2.05, 4.69) is 22.4 Å². The van der Waals surface area contributed by atoms with Gasteiger partial charge in [-0.15, -0.1) is 11.3 Å². The Morgan fingerprint density at radius 2 is 2.19 bits per heavy atom. The first-order valence-electron chi connectivity index (χ1n) is 6.72. The second-order valence-corrected chi connectivity index (χ2v) is 5.76. The van der Waals surface area contributed by atoms with E-state index in [-0.39, 0.29) is 18.4 Å². The fourth-order valence-corrected chi connectivity index (χ4v) is 2.75. The van der Waals surface area contributed by atoms with E-state index in [4.69, 9.17) is 10.5 Å².